The van der Waals surface area contributed by atoms with E-state index in [0.717, 1.165) is 0 Å². The molecule has 5 heteroatoms. The zero-order chi connectivity index (χ0) is 9.21. The molecule has 0 aromatic heterocycles. The number of methoxy groups -OCH3 is 1. The first kappa shape index (κ1) is 16.2. The Morgan fingerprint density at radius 2 is 1.20 bits per heavy atom. The summed E-state index contributed by atoms with van der Waals surface area (Å²) in [5, 5.41) is 0. The minimum atomic E-state index is -4.00. The molecule has 0 aromatic rings. The van der Waals surface area contributed by atoms with E-state index in [-0.39, 0.29) is 6.92 Å². The zero-order valence-corrected chi connectivity index (χ0v) is 6.16. The van der Waals surface area contributed by atoms with E-state index in [1.54, 1.807) is 14.2 Å². The highest BCUT2D eigenvalue weighted by Gasteiger charge is 2.15. The van der Waals surface area contributed by atoms with Crippen molar-refractivity contribution >= 4 is 6.79 Å². The molecule has 0 unspecified atom stereocenters. The average molecular weight is 160 g/mol. The van der Waals surface area contributed by atoms with Crippen LogP contribution in [0.2, 0.25) is 0 Å². The smallest absolute Gasteiger partial charge is 0.386 e. The van der Waals surface area contributed by atoms with Crippen molar-refractivity contribution in [1.82, 2.24) is 0 Å². The molecule has 0 aromatic carbocycles. The van der Waals surface area contributed by atoms with Crippen LogP contribution in [0.25, 0.3) is 0 Å². The minimum absolute atomic E-state index is 0.188. The third kappa shape index (κ3) is 909. The Labute approximate surface area is 58.0 Å². The van der Waals surface area contributed by atoms with E-state index in [4.69, 9.17) is 4.79 Å². The van der Waals surface area contributed by atoms with E-state index in [1.165, 1.54) is 0 Å². The van der Waals surface area contributed by atoms with E-state index < -0.39 is 6.18 Å². The first-order chi connectivity index (χ1) is 4.41. The van der Waals surface area contributed by atoms with Crippen molar-refractivity contribution < 1.29 is 22.7 Å². The van der Waals surface area contributed by atoms with Gasteiger partial charge in [0.2, 0.25) is 0 Å². The third-order valence-corrected chi connectivity index (χ3v) is 0. The Hall–Kier alpha value is -0.580. The van der Waals surface area contributed by atoms with Gasteiger partial charge < -0.3 is 9.53 Å². The van der Waals surface area contributed by atoms with Gasteiger partial charge in [0.1, 0.15) is 6.79 Å². The van der Waals surface area contributed by atoms with Crippen molar-refractivity contribution in [2.75, 3.05) is 14.2 Å². The summed E-state index contributed by atoms with van der Waals surface area (Å²) in [4.78, 5) is 8.00. The van der Waals surface area contributed by atoms with Gasteiger partial charge in [-0.3, -0.25) is 0 Å². The van der Waals surface area contributed by atoms with Crippen LogP contribution in [-0.2, 0) is 9.53 Å². The van der Waals surface area contributed by atoms with Gasteiger partial charge >= 0.3 is 6.18 Å². The van der Waals surface area contributed by atoms with Crippen LogP contribution < -0.4 is 0 Å². The van der Waals surface area contributed by atoms with Gasteiger partial charge in [-0.15, -0.1) is 0 Å². The topological polar surface area (TPSA) is 26.3 Å². The molecular weight excluding hydrogens is 149 g/mol. The molecule has 2 nitrogen and oxygen atoms in total. The van der Waals surface area contributed by atoms with Gasteiger partial charge in [-0.1, -0.05) is 0 Å². The van der Waals surface area contributed by atoms with Crippen LogP contribution in [0.15, 0.2) is 0 Å². The van der Waals surface area contributed by atoms with Crippen molar-refractivity contribution in [2.24, 2.45) is 0 Å². The normalized spacial score (nSPS) is 8.20. The van der Waals surface area contributed by atoms with E-state index in [9.17, 15) is 13.2 Å². The Balaban J connectivity index is -0.0000000847. The largest absolute Gasteiger partial charge is 0.388 e. The summed E-state index contributed by atoms with van der Waals surface area (Å²) in [7, 11) is 3.25. The lowest BCUT2D eigenvalue weighted by Gasteiger charge is -1.88. The quantitative estimate of drug-likeness (QED) is 0.538. The molecule has 0 fully saturated rings. The Morgan fingerprint density at radius 3 is 1.20 bits per heavy atom. The predicted molar refractivity (Wildman–Crippen MR) is 31.8 cm³/mol. The van der Waals surface area contributed by atoms with E-state index in [1.807, 2.05) is 6.79 Å². The van der Waals surface area contributed by atoms with Crippen molar-refractivity contribution in [3.8, 4) is 0 Å². The minimum Gasteiger partial charge on any atom is -0.388 e. The average Bonchev–Trinajstić information content (AvgIpc) is 1.68. The SMILES string of the molecule is C=O.CC(F)(F)F.COC. The molecule has 0 N–H and O–H groups in total. The van der Waals surface area contributed by atoms with Crippen LogP contribution in [0.5, 0.6) is 0 Å². The molecule has 0 amide bonds. The number of carbonyl (C=O) groups excluding carboxylic acids is 1. The van der Waals surface area contributed by atoms with Gasteiger partial charge in [-0.05, 0) is 0 Å². The molecule has 0 aliphatic rings. The van der Waals surface area contributed by atoms with Gasteiger partial charge in [-0.25, -0.2) is 0 Å². The van der Waals surface area contributed by atoms with Crippen LogP contribution >= 0.6 is 0 Å². The maximum absolute atomic E-state index is 10.4. The molecule has 0 aliphatic heterocycles. The van der Waals surface area contributed by atoms with Crippen LogP contribution in [0.1, 0.15) is 6.92 Å². The number of alkyl halides is 3. The van der Waals surface area contributed by atoms with Gasteiger partial charge in [0, 0.05) is 21.1 Å². The first-order valence-electron chi connectivity index (χ1n) is 2.17. The Bertz CT molecular complexity index is 47.3. The Morgan fingerprint density at radius 1 is 1.20 bits per heavy atom. The summed E-state index contributed by atoms with van der Waals surface area (Å²) >= 11 is 0. The lowest BCUT2D eigenvalue weighted by molar-refractivity contribution is -0.110. The second-order valence-electron chi connectivity index (χ2n) is 1.19. The fraction of sp³-hybridized carbons (Fsp3) is 0.800. The second-order valence-corrected chi connectivity index (χ2v) is 1.19. The first-order valence-corrected chi connectivity index (χ1v) is 2.17. The molecule has 10 heavy (non-hydrogen) atoms. The van der Waals surface area contributed by atoms with Gasteiger partial charge in [0.15, 0.2) is 0 Å². The number of rotatable bonds is 0. The molecule has 64 valence electrons. The molecule has 0 aliphatic carbocycles. The summed E-state index contributed by atoms with van der Waals surface area (Å²) in [5.41, 5.74) is 0. The summed E-state index contributed by atoms with van der Waals surface area (Å²) in [6.45, 7) is 2.19. The summed E-state index contributed by atoms with van der Waals surface area (Å²) < 4.78 is 35.3. The number of hydrogen-bond donors (Lipinski definition) is 0. The number of carbonyl (C=O) groups is 1. The zero-order valence-electron chi connectivity index (χ0n) is 6.16. The fourth-order valence-corrected chi connectivity index (χ4v) is 0. The highest BCUT2D eigenvalue weighted by molar-refractivity contribution is 5.10. The molecule has 0 spiro atoms. The lowest BCUT2D eigenvalue weighted by atomic mass is 10.8. The van der Waals surface area contributed by atoms with Gasteiger partial charge in [-0.2, -0.15) is 13.2 Å². The van der Waals surface area contributed by atoms with Crippen LogP contribution in [0.3, 0.4) is 0 Å². The maximum Gasteiger partial charge on any atom is 0.386 e. The van der Waals surface area contributed by atoms with E-state index in [0.29, 0.717) is 0 Å². The standard InChI is InChI=1S/C2H3F3.C2H6O.CH2O/c1-2(3,4)5;1-3-2;1-2/h1H3;1-2H3;1H2. The third-order valence-electron chi connectivity index (χ3n) is 0. The summed E-state index contributed by atoms with van der Waals surface area (Å²) in [5.74, 6) is 0. The van der Waals surface area contributed by atoms with Crippen LogP contribution in [0.4, 0.5) is 13.2 Å². The molecule has 0 radical (unpaired) electrons. The number of halogens is 3. The van der Waals surface area contributed by atoms with Crippen LogP contribution in [-0.4, -0.2) is 27.2 Å². The molecule has 0 saturated carbocycles. The summed E-state index contributed by atoms with van der Waals surface area (Å²) in [6.07, 6.45) is -4.00. The van der Waals surface area contributed by atoms with Gasteiger partial charge in [0.05, 0.1) is 0 Å². The fourth-order valence-electron chi connectivity index (χ4n) is 0. The van der Waals surface area contributed by atoms with Crippen LogP contribution in [0, 0.1) is 0 Å². The highest BCUT2D eigenvalue weighted by atomic mass is 19.4. The van der Waals surface area contributed by atoms with Gasteiger partial charge in [0.25, 0.3) is 0 Å². The number of ether oxygens (including phenoxy) is 1. The van der Waals surface area contributed by atoms with Crippen molar-refractivity contribution in [1.29, 1.82) is 0 Å². The molecular formula is C5H11F3O2. The summed E-state index contributed by atoms with van der Waals surface area (Å²) in [6, 6.07) is 0. The van der Waals surface area contributed by atoms with Crippen molar-refractivity contribution in [2.45, 2.75) is 13.1 Å². The Kier molecular flexibility index (Phi) is 18.2. The molecule has 0 atom stereocenters. The molecule has 0 heterocycles. The second kappa shape index (κ2) is 11.2. The van der Waals surface area contributed by atoms with Crippen molar-refractivity contribution in [3.05, 3.63) is 0 Å². The predicted octanol–water partition coefficient (Wildman–Crippen LogP) is 1.65. The van der Waals surface area contributed by atoms with Crippen molar-refractivity contribution in [3.63, 3.8) is 0 Å². The van der Waals surface area contributed by atoms with E-state index >= 15 is 0 Å². The number of hydrogen-bond acceptors (Lipinski definition) is 2. The molecule has 0 bridgehead atoms. The van der Waals surface area contributed by atoms with E-state index in [2.05, 4.69) is 4.74 Å². The lowest BCUT2D eigenvalue weighted by Crippen LogP contribution is -1.95. The molecule has 0 saturated heterocycles. The highest BCUT2D eigenvalue weighted by Crippen LogP contribution is 2.10. The monoisotopic (exact) mass is 160 g/mol. The maximum atomic E-state index is 10.4. The molecule has 0 rings (SSSR count).